The smallest absolute Gasteiger partial charge is 0.336 e. The Balaban J connectivity index is 1.86. The molecule has 1 N–H and O–H groups in total. The molecule has 26 heavy (non-hydrogen) atoms. The average molecular weight is 351 g/mol. The molecule has 3 aromatic rings. The van der Waals surface area contributed by atoms with Crippen molar-refractivity contribution in [2.45, 2.75) is 26.3 Å². The lowest BCUT2D eigenvalue weighted by molar-refractivity contribution is 0.0951. The van der Waals surface area contributed by atoms with Crippen LogP contribution in [-0.4, -0.2) is 13.0 Å². The first-order chi connectivity index (χ1) is 12.5. The van der Waals surface area contributed by atoms with Gasteiger partial charge in [0.05, 0.1) is 7.11 Å². The van der Waals surface area contributed by atoms with Gasteiger partial charge in [0.25, 0.3) is 5.91 Å². The fourth-order valence-corrected chi connectivity index (χ4v) is 2.77. The molecule has 0 saturated carbocycles. The highest BCUT2D eigenvalue weighted by Crippen LogP contribution is 2.23. The van der Waals surface area contributed by atoms with Crippen LogP contribution in [0.4, 0.5) is 0 Å². The number of rotatable bonds is 5. The summed E-state index contributed by atoms with van der Waals surface area (Å²) < 4.78 is 10.4. The standard InChI is InChI=1S/C21H21NO4/c1-13(2)15-6-9-19-18(10-15)16(11-20(23)26-19)12-22-21(24)14-4-7-17(25-3)8-5-14/h4-11,13H,12H2,1-3H3,(H,22,24). The van der Waals surface area contributed by atoms with Crippen molar-refractivity contribution >= 4 is 16.9 Å². The third-order valence-corrected chi connectivity index (χ3v) is 4.31. The van der Waals surface area contributed by atoms with E-state index in [1.165, 1.54) is 6.07 Å². The Labute approximate surface area is 151 Å². The normalized spacial score (nSPS) is 10.9. The van der Waals surface area contributed by atoms with Gasteiger partial charge in [-0.1, -0.05) is 19.9 Å². The third kappa shape index (κ3) is 3.77. The van der Waals surface area contributed by atoms with Crippen LogP contribution in [0.2, 0.25) is 0 Å². The van der Waals surface area contributed by atoms with Gasteiger partial charge in [0.15, 0.2) is 0 Å². The second-order valence-corrected chi connectivity index (χ2v) is 6.41. The zero-order chi connectivity index (χ0) is 18.7. The van der Waals surface area contributed by atoms with Gasteiger partial charge < -0.3 is 14.5 Å². The van der Waals surface area contributed by atoms with E-state index < -0.39 is 5.63 Å². The number of carbonyl (C=O) groups is 1. The first-order valence-corrected chi connectivity index (χ1v) is 8.47. The van der Waals surface area contributed by atoms with E-state index in [0.717, 1.165) is 16.5 Å². The number of fused-ring (bicyclic) bond motifs is 1. The molecule has 0 aliphatic rings. The fraction of sp³-hybridized carbons (Fsp3) is 0.238. The number of hydrogen-bond acceptors (Lipinski definition) is 4. The molecule has 2 aromatic carbocycles. The Morgan fingerprint density at radius 2 is 1.85 bits per heavy atom. The summed E-state index contributed by atoms with van der Waals surface area (Å²) in [5.74, 6) is 0.830. The Morgan fingerprint density at radius 3 is 2.50 bits per heavy atom. The van der Waals surface area contributed by atoms with Crippen LogP contribution in [0, 0.1) is 0 Å². The van der Waals surface area contributed by atoms with Gasteiger partial charge in [-0.25, -0.2) is 4.79 Å². The van der Waals surface area contributed by atoms with Crippen molar-refractivity contribution < 1.29 is 13.9 Å². The maximum absolute atomic E-state index is 12.4. The van der Waals surface area contributed by atoms with Crippen molar-refractivity contribution in [2.24, 2.45) is 0 Å². The van der Waals surface area contributed by atoms with E-state index in [1.54, 1.807) is 37.4 Å². The van der Waals surface area contributed by atoms with Crippen molar-refractivity contribution in [3.63, 3.8) is 0 Å². The second-order valence-electron chi connectivity index (χ2n) is 6.41. The Morgan fingerprint density at radius 1 is 1.12 bits per heavy atom. The lowest BCUT2D eigenvalue weighted by Crippen LogP contribution is -2.23. The highest BCUT2D eigenvalue weighted by molar-refractivity contribution is 5.94. The van der Waals surface area contributed by atoms with E-state index in [0.29, 0.717) is 22.8 Å². The number of benzene rings is 2. The van der Waals surface area contributed by atoms with Crippen LogP contribution < -0.4 is 15.7 Å². The lowest BCUT2D eigenvalue weighted by atomic mass is 9.99. The summed E-state index contributed by atoms with van der Waals surface area (Å²) in [5.41, 5.74) is 2.51. The van der Waals surface area contributed by atoms with Crippen LogP contribution >= 0.6 is 0 Å². The van der Waals surface area contributed by atoms with Crippen molar-refractivity contribution in [3.8, 4) is 5.75 Å². The van der Waals surface area contributed by atoms with Gasteiger partial charge in [-0.05, 0) is 53.4 Å². The summed E-state index contributed by atoms with van der Waals surface area (Å²) in [4.78, 5) is 24.2. The molecular weight excluding hydrogens is 330 g/mol. The predicted molar refractivity (Wildman–Crippen MR) is 101 cm³/mol. The minimum Gasteiger partial charge on any atom is -0.497 e. The first kappa shape index (κ1) is 17.7. The van der Waals surface area contributed by atoms with Gasteiger partial charge in [0.1, 0.15) is 11.3 Å². The summed E-state index contributed by atoms with van der Waals surface area (Å²) in [5, 5.41) is 3.70. The van der Waals surface area contributed by atoms with E-state index in [4.69, 9.17) is 9.15 Å². The minimum atomic E-state index is -0.427. The summed E-state index contributed by atoms with van der Waals surface area (Å²) >= 11 is 0. The third-order valence-electron chi connectivity index (χ3n) is 4.31. The molecule has 0 bridgehead atoms. The van der Waals surface area contributed by atoms with Crippen LogP contribution in [-0.2, 0) is 6.54 Å². The highest BCUT2D eigenvalue weighted by Gasteiger charge is 2.11. The topological polar surface area (TPSA) is 68.5 Å². The maximum Gasteiger partial charge on any atom is 0.336 e. The second kappa shape index (κ2) is 7.44. The summed E-state index contributed by atoms with van der Waals surface area (Å²) in [6.07, 6.45) is 0. The molecule has 0 unspecified atom stereocenters. The molecule has 0 saturated heterocycles. The molecular formula is C21H21NO4. The zero-order valence-corrected chi connectivity index (χ0v) is 15.0. The Hall–Kier alpha value is -3.08. The fourth-order valence-electron chi connectivity index (χ4n) is 2.77. The quantitative estimate of drug-likeness (QED) is 0.709. The highest BCUT2D eigenvalue weighted by atomic mass is 16.5. The van der Waals surface area contributed by atoms with Gasteiger partial charge in [-0.15, -0.1) is 0 Å². The van der Waals surface area contributed by atoms with Crippen molar-refractivity contribution in [1.82, 2.24) is 5.32 Å². The molecule has 1 heterocycles. The molecule has 3 rings (SSSR count). The largest absolute Gasteiger partial charge is 0.497 e. The van der Waals surface area contributed by atoms with Gasteiger partial charge in [0.2, 0.25) is 0 Å². The Kier molecular flexibility index (Phi) is 5.07. The molecule has 0 fully saturated rings. The molecule has 1 amide bonds. The number of nitrogens with one attached hydrogen (secondary N) is 1. The van der Waals surface area contributed by atoms with Gasteiger partial charge in [0, 0.05) is 23.6 Å². The minimum absolute atomic E-state index is 0.214. The molecule has 0 radical (unpaired) electrons. The maximum atomic E-state index is 12.4. The van der Waals surface area contributed by atoms with E-state index in [1.807, 2.05) is 12.1 Å². The monoisotopic (exact) mass is 351 g/mol. The van der Waals surface area contributed by atoms with Gasteiger partial charge >= 0.3 is 5.63 Å². The number of carbonyl (C=O) groups excluding carboxylic acids is 1. The molecule has 5 nitrogen and oxygen atoms in total. The van der Waals surface area contributed by atoms with Crippen LogP contribution in [0.25, 0.3) is 11.0 Å². The number of methoxy groups -OCH3 is 1. The molecule has 5 heteroatoms. The van der Waals surface area contributed by atoms with Crippen molar-refractivity contribution in [3.05, 3.63) is 75.6 Å². The predicted octanol–water partition coefficient (Wildman–Crippen LogP) is 3.86. The summed E-state index contributed by atoms with van der Waals surface area (Å²) in [6, 6.07) is 14.1. The molecule has 1 aromatic heterocycles. The van der Waals surface area contributed by atoms with E-state index in [2.05, 4.69) is 19.2 Å². The number of amides is 1. The van der Waals surface area contributed by atoms with Crippen LogP contribution in [0.3, 0.4) is 0 Å². The number of hydrogen-bond donors (Lipinski definition) is 1. The summed E-state index contributed by atoms with van der Waals surface area (Å²) in [7, 11) is 1.58. The zero-order valence-electron chi connectivity index (χ0n) is 15.0. The molecule has 0 aliphatic heterocycles. The van der Waals surface area contributed by atoms with E-state index in [9.17, 15) is 9.59 Å². The van der Waals surface area contributed by atoms with Crippen LogP contribution in [0.15, 0.2) is 57.7 Å². The lowest BCUT2D eigenvalue weighted by Gasteiger charge is -2.11. The molecule has 0 spiro atoms. The Bertz CT molecular complexity index is 987. The van der Waals surface area contributed by atoms with Gasteiger partial charge in [-0.2, -0.15) is 0 Å². The van der Waals surface area contributed by atoms with Gasteiger partial charge in [-0.3, -0.25) is 4.79 Å². The van der Waals surface area contributed by atoms with Crippen LogP contribution in [0.5, 0.6) is 5.75 Å². The van der Waals surface area contributed by atoms with E-state index in [-0.39, 0.29) is 12.5 Å². The SMILES string of the molecule is COc1ccc(C(=O)NCc2cc(=O)oc3ccc(C(C)C)cc23)cc1. The molecule has 0 aliphatic carbocycles. The number of ether oxygens (including phenoxy) is 1. The van der Waals surface area contributed by atoms with Crippen LogP contribution in [0.1, 0.15) is 41.3 Å². The summed E-state index contributed by atoms with van der Waals surface area (Å²) in [6.45, 7) is 4.45. The van der Waals surface area contributed by atoms with Crippen molar-refractivity contribution in [2.75, 3.05) is 7.11 Å². The average Bonchev–Trinajstić information content (AvgIpc) is 2.65. The molecule has 0 atom stereocenters. The van der Waals surface area contributed by atoms with Crippen molar-refractivity contribution in [1.29, 1.82) is 0 Å². The van der Waals surface area contributed by atoms with E-state index >= 15 is 0 Å². The first-order valence-electron chi connectivity index (χ1n) is 8.47. The molecule has 134 valence electrons.